The number of ether oxygens (including phenoxy) is 1. The third kappa shape index (κ3) is 3.37. The number of nitrogens with two attached hydrogens (primary N) is 1. The van der Waals surface area contributed by atoms with Gasteiger partial charge in [-0.15, -0.1) is 0 Å². The summed E-state index contributed by atoms with van der Waals surface area (Å²) in [6.45, 7) is 5.78. The summed E-state index contributed by atoms with van der Waals surface area (Å²) in [5, 5.41) is 0. The SMILES string of the molecule is Cc1ccc(N)c(OCCN2CCc3ccccc3C2)c1. The van der Waals surface area contributed by atoms with Gasteiger partial charge in [-0.05, 0) is 42.2 Å². The summed E-state index contributed by atoms with van der Waals surface area (Å²) in [6, 6.07) is 14.6. The standard InChI is InChI=1S/C18H22N2O/c1-14-6-7-17(19)18(12-14)21-11-10-20-9-8-15-4-2-3-5-16(15)13-20/h2-7,12H,8-11,13,19H2,1H3. The first-order chi connectivity index (χ1) is 10.2. The van der Waals surface area contributed by atoms with Crippen LogP contribution in [0.2, 0.25) is 0 Å². The minimum absolute atomic E-state index is 0.676. The molecule has 0 atom stereocenters. The number of nitrogens with zero attached hydrogens (tertiary/aromatic N) is 1. The first kappa shape index (κ1) is 14.0. The zero-order chi connectivity index (χ0) is 14.7. The Bertz CT molecular complexity index is 624. The molecule has 0 radical (unpaired) electrons. The second-order valence-electron chi connectivity index (χ2n) is 5.68. The molecule has 1 heterocycles. The Morgan fingerprint density at radius 1 is 1.14 bits per heavy atom. The van der Waals surface area contributed by atoms with Gasteiger partial charge < -0.3 is 10.5 Å². The van der Waals surface area contributed by atoms with E-state index in [1.54, 1.807) is 0 Å². The molecule has 0 aliphatic carbocycles. The van der Waals surface area contributed by atoms with Crippen molar-refractivity contribution in [3.8, 4) is 5.75 Å². The van der Waals surface area contributed by atoms with Crippen molar-refractivity contribution in [1.29, 1.82) is 0 Å². The van der Waals surface area contributed by atoms with E-state index in [1.165, 1.54) is 16.7 Å². The van der Waals surface area contributed by atoms with E-state index < -0.39 is 0 Å². The third-order valence-electron chi connectivity index (χ3n) is 4.04. The molecule has 1 aliphatic rings. The molecule has 3 rings (SSSR count). The van der Waals surface area contributed by atoms with Crippen LogP contribution in [0.4, 0.5) is 5.69 Å². The van der Waals surface area contributed by atoms with Gasteiger partial charge in [-0.1, -0.05) is 30.3 Å². The van der Waals surface area contributed by atoms with Crippen LogP contribution in [0, 0.1) is 6.92 Å². The summed E-state index contributed by atoms with van der Waals surface area (Å²) in [7, 11) is 0. The predicted molar refractivity (Wildman–Crippen MR) is 86.5 cm³/mol. The summed E-state index contributed by atoms with van der Waals surface area (Å²) in [4.78, 5) is 2.44. The number of nitrogen functional groups attached to an aromatic ring is 1. The molecule has 110 valence electrons. The molecule has 3 nitrogen and oxygen atoms in total. The second kappa shape index (κ2) is 6.19. The van der Waals surface area contributed by atoms with Crippen LogP contribution in [0.1, 0.15) is 16.7 Å². The average Bonchev–Trinajstić information content (AvgIpc) is 2.50. The molecule has 2 aromatic carbocycles. The maximum Gasteiger partial charge on any atom is 0.142 e. The highest BCUT2D eigenvalue weighted by molar-refractivity contribution is 5.53. The summed E-state index contributed by atoms with van der Waals surface area (Å²) in [5.41, 5.74) is 10.7. The number of fused-ring (bicyclic) bond motifs is 1. The van der Waals surface area contributed by atoms with Gasteiger partial charge in [0.2, 0.25) is 0 Å². The zero-order valence-corrected chi connectivity index (χ0v) is 12.5. The van der Waals surface area contributed by atoms with E-state index in [0.29, 0.717) is 12.3 Å². The molecule has 0 fully saturated rings. The smallest absolute Gasteiger partial charge is 0.142 e. The van der Waals surface area contributed by atoms with E-state index in [4.69, 9.17) is 10.5 Å². The highest BCUT2D eigenvalue weighted by Crippen LogP contribution is 2.23. The van der Waals surface area contributed by atoms with Crippen LogP contribution in [0.5, 0.6) is 5.75 Å². The Balaban J connectivity index is 1.54. The summed E-state index contributed by atoms with van der Waals surface area (Å²) in [5.74, 6) is 0.799. The Hall–Kier alpha value is -2.00. The van der Waals surface area contributed by atoms with Gasteiger partial charge in [0, 0.05) is 19.6 Å². The molecule has 0 bridgehead atoms. The van der Waals surface area contributed by atoms with Crippen molar-refractivity contribution in [3.63, 3.8) is 0 Å². The number of anilines is 1. The number of hydrogen-bond acceptors (Lipinski definition) is 3. The van der Waals surface area contributed by atoms with Gasteiger partial charge in [-0.2, -0.15) is 0 Å². The van der Waals surface area contributed by atoms with Crippen molar-refractivity contribution >= 4 is 5.69 Å². The van der Waals surface area contributed by atoms with Crippen LogP contribution in [0.25, 0.3) is 0 Å². The van der Waals surface area contributed by atoms with Gasteiger partial charge in [0.05, 0.1) is 5.69 Å². The molecule has 0 spiro atoms. The highest BCUT2D eigenvalue weighted by atomic mass is 16.5. The van der Waals surface area contributed by atoms with Gasteiger partial charge in [0.1, 0.15) is 12.4 Å². The van der Waals surface area contributed by atoms with Crippen molar-refractivity contribution in [3.05, 3.63) is 59.2 Å². The molecule has 0 aromatic heterocycles. The molecule has 2 aromatic rings. The van der Waals surface area contributed by atoms with Gasteiger partial charge in [0.15, 0.2) is 0 Å². The van der Waals surface area contributed by atoms with Crippen molar-refractivity contribution in [2.24, 2.45) is 0 Å². The normalized spacial score (nSPS) is 14.7. The van der Waals surface area contributed by atoms with E-state index in [0.717, 1.165) is 31.8 Å². The Kier molecular flexibility index (Phi) is 4.11. The monoisotopic (exact) mass is 282 g/mol. The number of hydrogen-bond donors (Lipinski definition) is 1. The summed E-state index contributed by atoms with van der Waals surface area (Å²) >= 11 is 0. The molecule has 0 saturated heterocycles. The summed E-state index contributed by atoms with van der Waals surface area (Å²) in [6.07, 6.45) is 1.13. The van der Waals surface area contributed by atoms with Gasteiger partial charge >= 0.3 is 0 Å². The maximum atomic E-state index is 5.93. The lowest BCUT2D eigenvalue weighted by molar-refractivity contribution is 0.197. The maximum absolute atomic E-state index is 5.93. The van der Waals surface area contributed by atoms with Crippen LogP contribution in [0.15, 0.2) is 42.5 Å². The van der Waals surface area contributed by atoms with Crippen LogP contribution < -0.4 is 10.5 Å². The third-order valence-corrected chi connectivity index (χ3v) is 4.04. The molecular formula is C18H22N2O. The fourth-order valence-corrected chi connectivity index (χ4v) is 2.80. The van der Waals surface area contributed by atoms with Gasteiger partial charge in [0.25, 0.3) is 0 Å². The van der Waals surface area contributed by atoms with E-state index in [2.05, 4.69) is 29.2 Å². The summed E-state index contributed by atoms with van der Waals surface area (Å²) < 4.78 is 5.84. The lowest BCUT2D eigenvalue weighted by Crippen LogP contribution is -2.33. The molecule has 1 aliphatic heterocycles. The van der Waals surface area contributed by atoms with Crippen molar-refractivity contribution in [2.45, 2.75) is 19.9 Å². The average molecular weight is 282 g/mol. The van der Waals surface area contributed by atoms with Crippen LogP contribution in [-0.2, 0) is 13.0 Å². The topological polar surface area (TPSA) is 38.5 Å². The number of aryl methyl sites for hydroxylation is 1. The zero-order valence-electron chi connectivity index (χ0n) is 12.5. The first-order valence-electron chi connectivity index (χ1n) is 7.50. The predicted octanol–water partition coefficient (Wildman–Crippen LogP) is 3.01. The first-order valence-corrected chi connectivity index (χ1v) is 7.50. The van der Waals surface area contributed by atoms with E-state index in [-0.39, 0.29) is 0 Å². The van der Waals surface area contributed by atoms with Crippen LogP contribution >= 0.6 is 0 Å². The molecule has 3 heteroatoms. The molecule has 2 N–H and O–H groups in total. The lowest BCUT2D eigenvalue weighted by atomic mass is 10.0. The molecule has 0 saturated carbocycles. The highest BCUT2D eigenvalue weighted by Gasteiger charge is 2.15. The van der Waals surface area contributed by atoms with Crippen molar-refractivity contribution < 1.29 is 4.74 Å². The number of benzene rings is 2. The fourth-order valence-electron chi connectivity index (χ4n) is 2.80. The van der Waals surface area contributed by atoms with Gasteiger partial charge in [-0.3, -0.25) is 4.90 Å². The molecule has 21 heavy (non-hydrogen) atoms. The minimum Gasteiger partial charge on any atom is -0.490 e. The van der Waals surface area contributed by atoms with Crippen LogP contribution in [0.3, 0.4) is 0 Å². The Morgan fingerprint density at radius 3 is 2.81 bits per heavy atom. The van der Waals surface area contributed by atoms with Gasteiger partial charge in [-0.25, -0.2) is 0 Å². The quantitative estimate of drug-likeness (QED) is 0.876. The van der Waals surface area contributed by atoms with E-state index >= 15 is 0 Å². The largest absolute Gasteiger partial charge is 0.490 e. The molecule has 0 amide bonds. The molecular weight excluding hydrogens is 260 g/mol. The number of rotatable bonds is 4. The second-order valence-corrected chi connectivity index (χ2v) is 5.68. The Labute approximate surface area is 126 Å². The van der Waals surface area contributed by atoms with Crippen molar-refractivity contribution in [1.82, 2.24) is 4.90 Å². The fraction of sp³-hybridized carbons (Fsp3) is 0.333. The Morgan fingerprint density at radius 2 is 1.95 bits per heavy atom. The lowest BCUT2D eigenvalue weighted by Gasteiger charge is -2.28. The minimum atomic E-state index is 0.676. The van der Waals surface area contributed by atoms with E-state index in [1.807, 2.05) is 25.1 Å². The molecule has 0 unspecified atom stereocenters. The van der Waals surface area contributed by atoms with Crippen molar-refractivity contribution in [2.75, 3.05) is 25.4 Å². The van der Waals surface area contributed by atoms with E-state index in [9.17, 15) is 0 Å². The van der Waals surface area contributed by atoms with Crippen LogP contribution in [-0.4, -0.2) is 24.6 Å².